The number of benzene rings is 1. The molecule has 20 heavy (non-hydrogen) atoms. The van der Waals surface area contributed by atoms with Crippen LogP contribution in [0.15, 0.2) is 12.1 Å². The zero-order valence-electron chi connectivity index (χ0n) is 11.5. The second kappa shape index (κ2) is 6.69. The van der Waals surface area contributed by atoms with Gasteiger partial charge >= 0.3 is 6.18 Å². The van der Waals surface area contributed by atoms with Crippen molar-refractivity contribution in [2.75, 3.05) is 21.3 Å². The molecule has 0 aliphatic heterocycles. The molecule has 1 aromatic rings. The molecule has 0 aliphatic carbocycles. The van der Waals surface area contributed by atoms with Gasteiger partial charge < -0.3 is 19.3 Å². The zero-order chi connectivity index (χ0) is 15.3. The number of ether oxygens (including phenoxy) is 3. The molecule has 0 aliphatic rings. The van der Waals surface area contributed by atoms with E-state index in [1.54, 1.807) is 0 Å². The van der Waals surface area contributed by atoms with Crippen molar-refractivity contribution in [3.05, 3.63) is 17.7 Å². The van der Waals surface area contributed by atoms with Crippen LogP contribution in [0.2, 0.25) is 0 Å². The minimum absolute atomic E-state index is 0.231. The van der Waals surface area contributed by atoms with Gasteiger partial charge in [0.25, 0.3) is 0 Å². The third-order valence-corrected chi connectivity index (χ3v) is 2.80. The van der Waals surface area contributed by atoms with Crippen LogP contribution in [0.25, 0.3) is 0 Å². The molecule has 1 atom stereocenters. The first-order chi connectivity index (χ1) is 9.32. The van der Waals surface area contributed by atoms with E-state index in [1.165, 1.54) is 33.5 Å². The molecule has 0 aromatic heterocycles. The summed E-state index contributed by atoms with van der Waals surface area (Å²) in [7, 11) is 4.19. The van der Waals surface area contributed by atoms with Gasteiger partial charge in [-0.3, -0.25) is 0 Å². The average molecular weight is 294 g/mol. The molecule has 114 valence electrons. The third kappa shape index (κ3) is 4.19. The van der Waals surface area contributed by atoms with Crippen molar-refractivity contribution in [1.29, 1.82) is 0 Å². The van der Waals surface area contributed by atoms with Crippen molar-refractivity contribution in [3.8, 4) is 17.2 Å². The van der Waals surface area contributed by atoms with Crippen LogP contribution in [0.5, 0.6) is 17.2 Å². The first-order valence-electron chi connectivity index (χ1n) is 5.87. The average Bonchev–Trinajstić information content (AvgIpc) is 2.42. The largest absolute Gasteiger partial charge is 0.496 e. The van der Waals surface area contributed by atoms with E-state index < -0.39 is 25.1 Å². The highest BCUT2D eigenvalue weighted by molar-refractivity contribution is 5.51. The van der Waals surface area contributed by atoms with Crippen molar-refractivity contribution >= 4 is 0 Å². The summed E-state index contributed by atoms with van der Waals surface area (Å²) in [4.78, 5) is 0. The van der Waals surface area contributed by atoms with E-state index >= 15 is 0 Å². The van der Waals surface area contributed by atoms with Gasteiger partial charge in [0.1, 0.15) is 5.75 Å². The first kappa shape index (κ1) is 16.4. The lowest BCUT2D eigenvalue weighted by molar-refractivity contribution is -0.140. The number of aliphatic hydroxyl groups excluding tert-OH is 1. The molecule has 0 heterocycles. The minimum Gasteiger partial charge on any atom is -0.496 e. The minimum atomic E-state index is -4.31. The Labute approximate surface area is 115 Å². The standard InChI is InChI=1S/C13H17F3O4/c1-18-10-7-12(20-3)11(19-2)6-8(10)9(17)4-5-13(14,15)16/h6-7,9,17H,4-5H2,1-3H3. The molecular formula is C13H17F3O4. The Morgan fingerprint density at radius 3 is 1.95 bits per heavy atom. The van der Waals surface area contributed by atoms with Crippen molar-refractivity contribution in [3.63, 3.8) is 0 Å². The Hall–Kier alpha value is -1.63. The number of hydrogen-bond acceptors (Lipinski definition) is 4. The lowest BCUT2D eigenvalue weighted by Crippen LogP contribution is -2.11. The molecule has 0 saturated carbocycles. The molecule has 0 radical (unpaired) electrons. The molecule has 4 nitrogen and oxygen atoms in total. The fourth-order valence-corrected chi connectivity index (χ4v) is 1.77. The smallest absolute Gasteiger partial charge is 0.389 e. The van der Waals surface area contributed by atoms with Gasteiger partial charge in [0.15, 0.2) is 11.5 Å². The predicted octanol–water partition coefficient (Wildman–Crippen LogP) is 3.09. The Kier molecular flexibility index (Phi) is 5.50. The number of methoxy groups -OCH3 is 3. The third-order valence-electron chi connectivity index (χ3n) is 2.80. The topological polar surface area (TPSA) is 47.9 Å². The van der Waals surface area contributed by atoms with Crippen LogP contribution < -0.4 is 14.2 Å². The SMILES string of the molecule is COc1cc(OC)c(C(O)CCC(F)(F)F)cc1OC. The van der Waals surface area contributed by atoms with Gasteiger partial charge in [-0.15, -0.1) is 0 Å². The van der Waals surface area contributed by atoms with E-state index in [2.05, 4.69) is 0 Å². The van der Waals surface area contributed by atoms with Crippen LogP contribution in [-0.4, -0.2) is 32.6 Å². The molecule has 0 saturated heterocycles. The monoisotopic (exact) mass is 294 g/mol. The van der Waals surface area contributed by atoms with E-state index in [0.717, 1.165) is 0 Å². The summed E-state index contributed by atoms with van der Waals surface area (Å²) in [6.45, 7) is 0. The van der Waals surface area contributed by atoms with E-state index in [0.29, 0.717) is 11.5 Å². The van der Waals surface area contributed by atoms with Crippen LogP contribution in [0.1, 0.15) is 24.5 Å². The van der Waals surface area contributed by atoms with Gasteiger partial charge in [0.05, 0.1) is 27.4 Å². The maximum atomic E-state index is 12.2. The molecule has 1 N–H and O–H groups in total. The van der Waals surface area contributed by atoms with Crippen LogP contribution >= 0.6 is 0 Å². The van der Waals surface area contributed by atoms with E-state index in [9.17, 15) is 18.3 Å². The van der Waals surface area contributed by atoms with Crippen molar-refractivity contribution in [2.45, 2.75) is 25.1 Å². The maximum absolute atomic E-state index is 12.2. The number of halogens is 3. The van der Waals surface area contributed by atoms with E-state index in [-0.39, 0.29) is 11.3 Å². The highest BCUT2D eigenvalue weighted by Crippen LogP contribution is 2.39. The van der Waals surface area contributed by atoms with Gasteiger partial charge in [-0.1, -0.05) is 0 Å². The van der Waals surface area contributed by atoms with Crippen LogP contribution in [0.3, 0.4) is 0 Å². The van der Waals surface area contributed by atoms with Crippen molar-refractivity contribution in [1.82, 2.24) is 0 Å². The molecule has 0 spiro atoms. The predicted molar refractivity (Wildman–Crippen MR) is 66.3 cm³/mol. The molecule has 1 rings (SSSR count). The number of rotatable bonds is 6. The summed E-state index contributed by atoms with van der Waals surface area (Å²) in [5.74, 6) is 0.933. The Bertz CT molecular complexity index is 446. The van der Waals surface area contributed by atoms with Crippen molar-refractivity contribution in [2.24, 2.45) is 0 Å². The fourth-order valence-electron chi connectivity index (χ4n) is 1.77. The summed E-state index contributed by atoms with van der Waals surface area (Å²) in [5, 5.41) is 9.90. The summed E-state index contributed by atoms with van der Waals surface area (Å²) >= 11 is 0. The quantitative estimate of drug-likeness (QED) is 0.876. The molecule has 7 heteroatoms. The van der Waals surface area contributed by atoms with Gasteiger partial charge in [0, 0.05) is 18.1 Å². The first-order valence-corrected chi connectivity index (χ1v) is 5.87. The Morgan fingerprint density at radius 2 is 1.50 bits per heavy atom. The lowest BCUT2D eigenvalue weighted by Gasteiger charge is -2.18. The van der Waals surface area contributed by atoms with E-state index in [4.69, 9.17) is 14.2 Å². The van der Waals surface area contributed by atoms with Crippen LogP contribution in [0, 0.1) is 0 Å². The Morgan fingerprint density at radius 1 is 1.00 bits per heavy atom. The normalized spacial score (nSPS) is 12.9. The molecule has 1 aromatic carbocycles. The van der Waals surface area contributed by atoms with Gasteiger partial charge in [-0.25, -0.2) is 0 Å². The van der Waals surface area contributed by atoms with Crippen molar-refractivity contribution < 1.29 is 32.5 Å². The van der Waals surface area contributed by atoms with Gasteiger partial charge in [-0.2, -0.15) is 13.2 Å². The summed E-state index contributed by atoms with van der Waals surface area (Å²) < 4.78 is 51.8. The molecule has 0 fully saturated rings. The number of alkyl halides is 3. The van der Waals surface area contributed by atoms with E-state index in [1.807, 2.05) is 0 Å². The molecular weight excluding hydrogens is 277 g/mol. The second-order valence-electron chi connectivity index (χ2n) is 4.12. The summed E-state index contributed by atoms with van der Waals surface area (Å²) in [6.07, 6.45) is -7.14. The number of hydrogen-bond donors (Lipinski definition) is 1. The van der Waals surface area contributed by atoms with Crippen LogP contribution in [0.4, 0.5) is 13.2 Å². The van der Waals surface area contributed by atoms with Gasteiger partial charge in [0.2, 0.25) is 0 Å². The molecule has 1 unspecified atom stereocenters. The van der Waals surface area contributed by atoms with Gasteiger partial charge in [-0.05, 0) is 12.5 Å². The molecule has 0 bridgehead atoms. The summed E-state index contributed by atoms with van der Waals surface area (Å²) in [5.41, 5.74) is 0.231. The highest BCUT2D eigenvalue weighted by Gasteiger charge is 2.29. The summed E-state index contributed by atoms with van der Waals surface area (Å²) in [6, 6.07) is 2.88. The molecule has 0 amide bonds. The fraction of sp³-hybridized carbons (Fsp3) is 0.538. The maximum Gasteiger partial charge on any atom is 0.389 e. The zero-order valence-corrected chi connectivity index (χ0v) is 11.5. The number of aliphatic hydroxyl groups is 1. The Balaban J connectivity index is 3.03. The van der Waals surface area contributed by atoms with Crippen LogP contribution in [-0.2, 0) is 0 Å². The second-order valence-corrected chi connectivity index (χ2v) is 4.12. The lowest BCUT2D eigenvalue weighted by atomic mass is 10.0. The highest BCUT2D eigenvalue weighted by atomic mass is 19.4.